The summed E-state index contributed by atoms with van der Waals surface area (Å²) >= 11 is 0. The largest absolute Gasteiger partial charge is 0.310 e. The number of nitrogens with one attached hydrogen (secondary N) is 1. The van der Waals surface area contributed by atoms with E-state index in [0.717, 1.165) is 18.3 Å². The molecule has 1 fully saturated rings. The van der Waals surface area contributed by atoms with Crippen LogP contribution in [-0.2, 0) is 6.54 Å². The minimum atomic E-state index is 0.762. The van der Waals surface area contributed by atoms with Crippen LogP contribution in [0.25, 0.3) is 5.69 Å². The minimum absolute atomic E-state index is 0.762. The van der Waals surface area contributed by atoms with Crippen LogP contribution < -0.4 is 5.32 Å². The molecule has 1 aromatic carbocycles. The first kappa shape index (κ1) is 9.54. The van der Waals surface area contributed by atoms with E-state index in [-0.39, 0.29) is 0 Å². The SMILES string of the molecule is c1cc(-n2cnnc2)ccc1CNC1CC1. The number of hydrogen-bond donors (Lipinski definition) is 1. The van der Waals surface area contributed by atoms with Crippen LogP contribution in [0.5, 0.6) is 0 Å². The quantitative estimate of drug-likeness (QED) is 0.839. The summed E-state index contributed by atoms with van der Waals surface area (Å²) in [5.41, 5.74) is 2.42. The van der Waals surface area contributed by atoms with Crippen molar-refractivity contribution >= 4 is 0 Å². The second-order valence-corrected chi connectivity index (χ2v) is 4.19. The monoisotopic (exact) mass is 214 g/mol. The molecule has 0 unspecified atom stereocenters. The smallest absolute Gasteiger partial charge is 0.123 e. The van der Waals surface area contributed by atoms with Gasteiger partial charge in [0, 0.05) is 18.3 Å². The average Bonchev–Trinajstić information content (AvgIpc) is 3.00. The molecule has 4 nitrogen and oxygen atoms in total. The molecule has 1 aliphatic carbocycles. The van der Waals surface area contributed by atoms with Gasteiger partial charge >= 0.3 is 0 Å². The second kappa shape index (κ2) is 4.06. The Labute approximate surface area is 94.3 Å². The van der Waals surface area contributed by atoms with E-state index in [2.05, 4.69) is 39.8 Å². The molecule has 1 N–H and O–H groups in total. The molecule has 1 aromatic heterocycles. The van der Waals surface area contributed by atoms with Gasteiger partial charge in [0.1, 0.15) is 12.7 Å². The first-order valence-electron chi connectivity index (χ1n) is 5.59. The van der Waals surface area contributed by atoms with Crippen LogP contribution in [0.4, 0.5) is 0 Å². The van der Waals surface area contributed by atoms with Crippen molar-refractivity contribution in [1.82, 2.24) is 20.1 Å². The average molecular weight is 214 g/mol. The van der Waals surface area contributed by atoms with E-state index in [4.69, 9.17) is 0 Å². The van der Waals surface area contributed by atoms with Gasteiger partial charge in [-0.3, -0.25) is 4.57 Å². The van der Waals surface area contributed by atoms with E-state index in [1.807, 2.05) is 4.57 Å². The molecule has 2 aromatic rings. The molecule has 0 aliphatic heterocycles. The van der Waals surface area contributed by atoms with Gasteiger partial charge < -0.3 is 5.32 Å². The molecule has 4 heteroatoms. The van der Waals surface area contributed by atoms with E-state index in [1.54, 1.807) is 12.7 Å². The van der Waals surface area contributed by atoms with Gasteiger partial charge in [-0.25, -0.2) is 0 Å². The number of nitrogens with zero attached hydrogens (tertiary/aromatic N) is 3. The molecule has 1 heterocycles. The van der Waals surface area contributed by atoms with Crippen LogP contribution in [0, 0.1) is 0 Å². The van der Waals surface area contributed by atoms with Gasteiger partial charge in [-0.15, -0.1) is 10.2 Å². The van der Waals surface area contributed by atoms with Crippen LogP contribution in [0.15, 0.2) is 36.9 Å². The lowest BCUT2D eigenvalue weighted by atomic mass is 10.2. The summed E-state index contributed by atoms with van der Waals surface area (Å²) in [6, 6.07) is 9.23. The minimum Gasteiger partial charge on any atom is -0.310 e. The van der Waals surface area contributed by atoms with E-state index >= 15 is 0 Å². The molecular formula is C12H14N4. The fourth-order valence-electron chi connectivity index (χ4n) is 1.67. The zero-order valence-corrected chi connectivity index (χ0v) is 9.00. The normalized spacial score (nSPS) is 15.2. The fraction of sp³-hybridized carbons (Fsp3) is 0.333. The summed E-state index contributed by atoms with van der Waals surface area (Å²) in [6.45, 7) is 0.965. The molecule has 0 bridgehead atoms. The Bertz CT molecular complexity index is 442. The van der Waals surface area contributed by atoms with Crippen molar-refractivity contribution in [3.63, 3.8) is 0 Å². The third kappa shape index (κ3) is 2.12. The van der Waals surface area contributed by atoms with Crippen molar-refractivity contribution in [3.05, 3.63) is 42.5 Å². The summed E-state index contributed by atoms with van der Waals surface area (Å²) in [4.78, 5) is 0. The van der Waals surface area contributed by atoms with Crippen LogP contribution in [0.2, 0.25) is 0 Å². The zero-order chi connectivity index (χ0) is 10.8. The van der Waals surface area contributed by atoms with E-state index < -0.39 is 0 Å². The third-order valence-corrected chi connectivity index (χ3v) is 2.83. The number of aromatic nitrogens is 3. The molecule has 0 amide bonds. The molecule has 82 valence electrons. The maximum Gasteiger partial charge on any atom is 0.123 e. The highest BCUT2D eigenvalue weighted by Gasteiger charge is 2.19. The molecule has 0 spiro atoms. The standard InChI is InChI=1S/C12H14N4/c1-5-12(16-8-14-15-9-16)6-2-10(1)7-13-11-3-4-11/h1-2,5-6,8-9,11,13H,3-4,7H2. The Morgan fingerprint density at radius 2 is 1.81 bits per heavy atom. The van der Waals surface area contributed by atoms with Gasteiger partial charge in [0.05, 0.1) is 0 Å². The maximum absolute atomic E-state index is 3.79. The molecule has 1 saturated carbocycles. The lowest BCUT2D eigenvalue weighted by Gasteiger charge is -2.05. The Morgan fingerprint density at radius 1 is 1.12 bits per heavy atom. The molecular weight excluding hydrogens is 200 g/mol. The first-order valence-corrected chi connectivity index (χ1v) is 5.59. The molecule has 0 saturated heterocycles. The van der Waals surface area contributed by atoms with Gasteiger partial charge in [0.2, 0.25) is 0 Å². The number of hydrogen-bond acceptors (Lipinski definition) is 3. The summed E-state index contributed by atoms with van der Waals surface area (Å²) in [7, 11) is 0. The molecule has 1 aliphatic rings. The van der Waals surface area contributed by atoms with Crippen molar-refractivity contribution < 1.29 is 0 Å². The Morgan fingerprint density at radius 3 is 2.44 bits per heavy atom. The first-order chi connectivity index (χ1) is 7.92. The van der Waals surface area contributed by atoms with Crippen molar-refractivity contribution in [2.24, 2.45) is 0 Å². The van der Waals surface area contributed by atoms with Gasteiger partial charge in [-0.1, -0.05) is 12.1 Å². The zero-order valence-electron chi connectivity index (χ0n) is 9.00. The fourth-order valence-corrected chi connectivity index (χ4v) is 1.67. The molecule has 0 atom stereocenters. The predicted molar refractivity (Wildman–Crippen MR) is 61.2 cm³/mol. The van der Waals surface area contributed by atoms with Crippen molar-refractivity contribution in [2.45, 2.75) is 25.4 Å². The van der Waals surface area contributed by atoms with Crippen LogP contribution in [-0.4, -0.2) is 20.8 Å². The topological polar surface area (TPSA) is 42.7 Å². The van der Waals surface area contributed by atoms with Crippen molar-refractivity contribution in [2.75, 3.05) is 0 Å². The lowest BCUT2D eigenvalue weighted by molar-refractivity contribution is 0.688. The van der Waals surface area contributed by atoms with Gasteiger partial charge in [-0.05, 0) is 30.5 Å². The van der Waals surface area contributed by atoms with Gasteiger partial charge in [0.15, 0.2) is 0 Å². The molecule has 16 heavy (non-hydrogen) atoms. The van der Waals surface area contributed by atoms with Gasteiger partial charge in [-0.2, -0.15) is 0 Å². The third-order valence-electron chi connectivity index (χ3n) is 2.83. The molecule has 0 radical (unpaired) electrons. The molecule has 3 rings (SSSR count). The highest BCUT2D eigenvalue weighted by atomic mass is 15.2. The predicted octanol–water partition coefficient (Wildman–Crippen LogP) is 1.52. The maximum atomic E-state index is 3.79. The Kier molecular flexibility index (Phi) is 2.42. The Hall–Kier alpha value is -1.68. The van der Waals surface area contributed by atoms with E-state index in [0.29, 0.717) is 0 Å². The summed E-state index contributed by atoms with van der Waals surface area (Å²) in [5.74, 6) is 0. The highest BCUT2D eigenvalue weighted by Crippen LogP contribution is 2.19. The van der Waals surface area contributed by atoms with E-state index in [1.165, 1.54) is 18.4 Å². The Balaban J connectivity index is 1.69. The highest BCUT2D eigenvalue weighted by molar-refractivity contribution is 5.34. The van der Waals surface area contributed by atoms with Crippen LogP contribution in [0.3, 0.4) is 0 Å². The number of rotatable bonds is 4. The second-order valence-electron chi connectivity index (χ2n) is 4.19. The summed E-state index contributed by atoms with van der Waals surface area (Å²) in [6.07, 6.45) is 6.08. The lowest BCUT2D eigenvalue weighted by Crippen LogP contribution is -2.15. The summed E-state index contributed by atoms with van der Waals surface area (Å²) in [5, 5.41) is 11.1. The van der Waals surface area contributed by atoms with Crippen LogP contribution >= 0.6 is 0 Å². The summed E-state index contributed by atoms with van der Waals surface area (Å²) < 4.78 is 1.90. The van der Waals surface area contributed by atoms with Crippen molar-refractivity contribution in [1.29, 1.82) is 0 Å². The van der Waals surface area contributed by atoms with Crippen molar-refractivity contribution in [3.8, 4) is 5.69 Å². The van der Waals surface area contributed by atoms with Crippen LogP contribution in [0.1, 0.15) is 18.4 Å². The van der Waals surface area contributed by atoms with E-state index in [9.17, 15) is 0 Å². The number of benzene rings is 1. The van der Waals surface area contributed by atoms with Gasteiger partial charge in [0.25, 0.3) is 0 Å².